The molecular weight excluding hydrogens is 316 g/mol. The summed E-state index contributed by atoms with van der Waals surface area (Å²) in [6.45, 7) is 0.783. The molecule has 6 heteroatoms. The van der Waals surface area contributed by atoms with Crippen molar-refractivity contribution in [3.05, 3.63) is 39.6 Å². The molecule has 2 aromatic rings. The molecule has 1 saturated carbocycles. The van der Waals surface area contributed by atoms with E-state index in [4.69, 9.17) is 11.6 Å². The van der Waals surface area contributed by atoms with Gasteiger partial charge in [0.05, 0.1) is 22.6 Å². The molecule has 18 heavy (non-hydrogen) atoms. The SMILES string of the molecule is Clc1cc(-n2nncc2CNC2CC2)ccc1Br. The van der Waals surface area contributed by atoms with Crippen molar-refractivity contribution in [3.63, 3.8) is 0 Å². The van der Waals surface area contributed by atoms with Gasteiger partial charge in [-0.1, -0.05) is 16.8 Å². The van der Waals surface area contributed by atoms with E-state index >= 15 is 0 Å². The third kappa shape index (κ3) is 2.58. The summed E-state index contributed by atoms with van der Waals surface area (Å²) in [6.07, 6.45) is 4.32. The second kappa shape index (κ2) is 4.99. The third-order valence-electron chi connectivity index (χ3n) is 2.92. The monoisotopic (exact) mass is 326 g/mol. The lowest BCUT2D eigenvalue weighted by atomic mass is 10.3. The molecule has 0 amide bonds. The van der Waals surface area contributed by atoms with Crippen LogP contribution in [0.3, 0.4) is 0 Å². The van der Waals surface area contributed by atoms with Crippen molar-refractivity contribution in [3.8, 4) is 5.69 Å². The molecule has 0 radical (unpaired) electrons. The molecule has 1 fully saturated rings. The van der Waals surface area contributed by atoms with Gasteiger partial charge < -0.3 is 5.32 Å². The van der Waals surface area contributed by atoms with Gasteiger partial charge in [-0.05, 0) is 47.0 Å². The maximum atomic E-state index is 6.10. The highest BCUT2D eigenvalue weighted by atomic mass is 79.9. The van der Waals surface area contributed by atoms with E-state index in [-0.39, 0.29) is 0 Å². The summed E-state index contributed by atoms with van der Waals surface area (Å²) >= 11 is 9.48. The Morgan fingerprint density at radius 3 is 3.00 bits per heavy atom. The van der Waals surface area contributed by atoms with E-state index in [1.165, 1.54) is 12.8 Å². The number of nitrogens with zero attached hydrogens (tertiary/aromatic N) is 3. The van der Waals surface area contributed by atoms with Crippen molar-refractivity contribution in [1.82, 2.24) is 20.3 Å². The molecule has 0 atom stereocenters. The minimum atomic E-state index is 0.668. The predicted octanol–water partition coefficient (Wildman–Crippen LogP) is 2.94. The summed E-state index contributed by atoms with van der Waals surface area (Å²) in [6, 6.07) is 6.42. The summed E-state index contributed by atoms with van der Waals surface area (Å²) in [5.41, 5.74) is 1.97. The van der Waals surface area contributed by atoms with Gasteiger partial charge in [-0.3, -0.25) is 0 Å². The molecule has 0 aliphatic heterocycles. The summed E-state index contributed by atoms with van der Waals surface area (Å²) < 4.78 is 2.69. The second-order valence-electron chi connectivity index (χ2n) is 4.39. The topological polar surface area (TPSA) is 42.7 Å². The first-order valence-corrected chi connectivity index (χ1v) is 6.99. The Kier molecular flexibility index (Phi) is 3.37. The maximum Gasteiger partial charge on any atom is 0.0783 e. The Labute approximate surface area is 118 Å². The minimum absolute atomic E-state index is 0.668. The Bertz CT molecular complexity index is 565. The van der Waals surface area contributed by atoms with Crippen LogP contribution in [0.4, 0.5) is 0 Å². The summed E-state index contributed by atoms with van der Waals surface area (Å²) in [4.78, 5) is 0. The van der Waals surface area contributed by atoms with Crippen molar-refractivity contribution < 1.29 is 0 Å². The first-order valence-electron chi connectivity index (χ1n) is 5.82. The lowest BCUT2D eigenvalue weighted by Crippen LogP contribution is -2.18. The normalized spacial score (nSPS) is 15.0. The fraction of sp³-hybridized carbons (Fsp3) is 0.333. The molecule has 94 valence electrons. The van der Waals surface area contributed by atoms with Crippen LogP contribution in [0.25, 0.3) is 5.69 Å². The van der Waals surface area contributed by atoms with Crippen molar-refractivity contribution in [1.29, 1.82) is 0 Å². The van der Waals surface area contributed by atoms with E-state index in [2.05, 4.69) is 31.6 Å². The number of hydrogen-bond donors (Lipinski definition) is 1. The Morgan fingerprint density at radius 1 is 1.44 bits per heavy atom. The van der Waals surface area contributed by atoms with E-state index in [9.17, 15) is 0 Å². The average molecular weight is 328 g/mol. The van der Waals surface area contributed by atoms with E-state index in [0.717, 1.165) is 22.4 Å². The smallest absolute Gasteiger partial charge is 0.0783 e. The van der Waals surface area contributed by atoms with E-state index in [1.807, 2.05) is 22.9 Å². The van der Waals surface area contributed by atoms with Crippen LogP contribution < -0.4 is 5.32 Å². The number of nitrogens with one attached hydrogen (secondary N) is 1. The average Bonchev–Trinajstić information content (AvgIpc) is 3.08. The summed E-state index contributed by atoms with van der Waals surface area (Å²) in [5, 5.41) is 12.2. The van der Waals surface area contributed by atoms with Crippen LogP contribution in [-0.2, 0) is 6.54 Å². The minimum Gasteiger partial charge on any atom is -0.308 e. The van der Waals surface area contributed by atoms with Crippen LogP contribution >= 0.6 is 27.5 Å². The largest absolute Gasteiger partial charge is 0.308 e. The number of halogens is 2. The second-order valence-corrected chi connectivity index (χ2v) is 5.65. The molecule has 0 saturated heterocycles. The molecule has 1 N–H and O–H groups in total. The highest BCUT2D eigenvalue weighted by Crippen LogP contribution is 2.25. The van der Waals surface area contributed by atoms with Gasteiger partial charge in [0, 0.05) is 17.1 Å². The van der Waals surface area contributed by atoms with Gasteiger partial charge in [0.2, 0.25) is 0 Å². The van der Waals surface area contributed by atoms with Crippen LogP contribution in [0.15, 0.2) is 28.9 Å². The number of benzene rings is 1. The van der Waals surface area contributed by atoms with Crippen LogP contribution in [0.5, 0.6) is 0 Å². The van der Waals surface area contributed by atoms with E-state index in [1.54, 1.807) is 6.20 Å². The first-order chi connectivity index (χ1) is 8.74. The molecule has 1 heterocycles. The van der Waals surface area contributed by atoms with E-state index in [0.29, 0.717) is 11.1 Å². The molecule has 1 aliphatic carbocycles. The zero-order valence-electron chi connectivity index (χ0n) is 9.61. The predicted molar refractivity (Wildman–Crippen MR) is 73.9 cm³/mol. The van der Waals surface area contributed by atoms with Crippen LogP contribution in [0, 0.1) is 0 Å². The van der Waals surface area contributed by atoms with Crippen LogP contribution in [0.2, 0.25) is 5.02 Å². The first kappa shape index (κ1) is 12.1. The molecule has 1 aliphatic rings. The standard InChI is InChI=1S/C12H12BrClN4/c13-11-4-3-9(5-12(11)14)18-10(7-16-17-18)6-15-8-1-2-8/h3-5,7-8,15H,1-2,6H2. The lowest BCUT2D eigenvalue weighted by Gasteiger charge is -2.07. The fourth-order valence-electron chi connectivity index (χ4n) is 1.75. The Balaban J connectivity index is 1.85. The summed E-state index contributed by atoms with van der Waals surface area (Å²) in [7, 11) is 0. The summed E-state index contributed by atoms with van der Waals surface area (Å²) in [5.74, 6) is 0. The van der Waals surface area contributed by atoms with Gasteiger partial charge in [-0.15, -0.1) is 5.10 Å². The zero-order chi connectivity index (χ0) is 12.5. The Hall–Kier alpha value is -0.910. The van der Waals surface area contributed by atoms with Gasteiger partial charge >= 0.3 is 0 Å². The zero-order valence-corrected chi connectivity index (χ0v) is 11.9. The van der Waals surface area contributed by atoms with Crippen LogP contribution in [-0.4, -0.2) is 21.0 Å². The van der Waals surface area contributed by atoms with Gasteiger partial charge in [-0.2, -0.15) is 0 Å². The fourth-order valence-corrected chi connectivity index (χ4v) is 2.17. The molecule has 0 bridgehead atoms. The number of aromatic nitrogens is 3. The molecule has 4 nitrogen and oxygen atoms in total. The Morgan fingerprint density at radius 2 is 2.28 bits per heavy atom. The molecule has 1 aromatic heterocycles. The highest BCUT2D eigenvalue weighted by Gasteiger charge is 2.21. The van der Waals surface area contributed by atoms with Crippen molar-refractivity contribution in [2.24, 2.45) is 0 Å². The maximum absolute atomic E-state index is 6.10. The molecular formula is C12H12BrClN4. The lowest BCUT2D eigenvalue weighted by molar-refractivity contribution is 0.647. The van der Waals surface area contributed by atoms with Gasteiger partial charge in [0.1, 0.15) is 0 Å². The number of hydrogen-bond acceptors (Lipinski definition) is 3. The quantitative estimate of drug-likeness (QED) is 0.939. The van der Waals surface area contributed by atoms with Crippen LogP contribution in [0.1, 0.15) is 18.5 Å². The third-order valence-corrected chi connectivity index (χ3v) is 4.15. The van der Waals surface area contributed by atoms with Gasteiger partial charge in [-0.25, -0.2) is 4.68 Å². The van der Waals surface area contributed by atoms with E-state index < -0.39 is 0 Å². The van der Waals surface area contributed by atoms with Crippen molar-refractivity contribution in [2.45, 2.75) is 25.4 Å². The number of rotatable bonds is 4. The van der Waals surface area contributed by atoms with Crippen molar-refractivity contribution in [2.75, 3.05) is 0 Å². The molecule has 1 aromatic carbocycles. The van der Waals surface area contributed by atoms with Gasteiger partial charge in [0.25, 0.3) is 0 Å². The molecule has 0 unspecified atom stereocenters. The van der Waals surface area contributed by atoms with Gasteiger partial charge in [0.15, 0.2) is 0 Å². The molecule has 3 rings (SSSR count). The highest BCUT2D eigenvalue weighted by molar-refractivity contribution is 9.10. The molecule has 0 spiro atoms. The van der Waals surface area contributed by atoms with Crippen molar-refractivity contribution >= 4 is 27.5 Å².